The van der Waals surface area contributed by atoms with Crippen LogP contribution in [0.3, 0.4) is 0 Å². The number of likely N-dealkylation sites (tertiary alicyclic amines) is 1. The molecule has 1 unspecified atom stereocenters. The highest BCUT2D eigenvalue weighted by atomic mass is 35.5. The third-order valence-electron chi connectivity index (χ3n) is 4.82. The van der Waals surface area contributed by atoms with E-state index in [2.05, 4.69) is 9.88 Å². The molecule has 0 saturated carbocycles. The number of carboxylic acids is 1. The molecule has 1 aromatic heterocycles. The van der Waals surface area contributed by atoms with Crippen molar-refractivity contribution in [1.82, 2.24) is 14.8 Å². The predicted octanol–water partition coefficient (Wildman–Crippen LogP) is 3.83. The van der Waals surface area contributed by atoms with E-state index < -0.39 is 5.97 Å². The fourth-order valence-corrected chi connectivity index (χ4v) is 4.49. The number of aromatic nitrogens is 1. The van der Waals surface area contributed by atoms with Crippen LogP contribution in [0.5, 0.6) is 0 Å². The molecule has 1 aromatic carbocycles. The first kappa shape index (κ1) is 19.3. The Morgan fingerprint density at radius 2 is 2.12 bits per heavy atom. The van der Waals surface area contributed by atoms with Crippen molar-refractivity contribution >= 4 is 28.9 Å². The van der Waals surface area contributed by atoms with Crippen molar-refractivity contribution < 1.29 is 9.90 Å². The Morgan fingerprint density at radius 1 is 1.35 bits per heavy atom. The lowest BCUT2D eigenvalue weighted by atomic mass is 10.1. The minimum Gasteiger partial charge on any atom is -0.480 e. The van der Waals surface area contributed by atoms with Gasteiger partial charge in [-0.1, -0.05) is 23.7 Å². The van der Waals surface area contributed by atoms with Crippen LogP contribution >= 0.6 is 22.9 Å². The molecule has 1 atom stereocenters. The fraction of sp³-hybridized carbons (Fsp3) is 0.474. The first-order valence-electron chi connectivity index (χ1n) is 8.86. The zero-order valence-corrected chi connectivity index (χ0v) is 16.5. The van der Waals surface area contributed by atoms with Crippen molar-refractivity contribution in [2.75, 3.05) is 26.7 Å². The molecular formula is C19H24ClN3O2S. The molecule has 0 radical (unpaired) electrons. The Kier molecular flexibility index (Phi) is 6.64. The lowest BCUT2D eigenvalue weighted by molar-refractivity contribution is -0.138. The van der Waals surface area contributed by atoms with Crippen molar-refractivity contribution in [1.29, 1.82) is 0 Å². The second-order valence-electron chi connectivity index (χ2n) is 6.81. The molecule has 3 rings (SSSR count). The summed E-state index contributed by atoms with van der Waals surface area (Å²) in [7, 11) is 1.91. The van der Waals surface area contributed by atoms with Crippen LogP contribution in [0.4, 0.5) is 0 Å². The number of nitrogens with zero attached hydrogens (tertiary/aromatic N) is 3. The zero-order chi connectivity index (χ0) is 18.5. The summed E-state index contributed by atoms with van der Waals surface area (Å²) in [5.41, 5.74) is 1.09. The molecule has 2 aromatic rings. The summed E-state index contributed by atoms with van der Waals surface area (Å²) >= 11 is 7.67. The van der Waals surface area contributed by atoms with Gasteiger partial charge in [0.25, 0.3) is 0 Å². The van der Waals surface area contributed by atoms with Gasteiger partial charge in [-0.2, -0.15) is 0 Å². The second kappa shape index (κ2) is 8.95. The molecule has 1 fully saturated rings. The number of benzene rings is 1. The number of likely N-dealkylation sites (N-methyl/N-ethyl adjacent to an activating group) is 1. The quantitative estimate of drug-likeness (QED) is 0.808. The van der Waals surface area contributed by atoms with Crippen molar-refractivity contribution in [3.05, 3.63) is 40.4 Å². The van der Waals surface area contributed by atoms with Crippen LogP contribution in [0.15, 0.2) is 30.5 Å². The molecule has 1 aliphatic rings. The molecule has 2 heterocycles. The first-order valence-corrected chi connectivity index (χ1v) is 10.1. The van der Waals surface area contributed by atoms with Crippen LogP contribution in [-0.4, -0.2) is 58.6 Å². The van der Waals surface area contributed by atoms with E-state index in [0.717, 1.165) is 54.5 Å². The Hall–Kier alpha value is -1.47. The van der Waals surface area contributed by atoms with E-state index in [0.29, 0.717) is 6.04 Å². The Bertz CT molecular complexity index is 735. The SMILES string of the molecule is CN(CC(=O)O)C1CCCN(Cc2cnc(-c3ccc(Cl)cc3)s2)CC1. The number of thiazole rings is 1. The summed E-state index contributed by atoms with van der Waals surface area (Å²) in [5.74, 6) is -0.756. The summed E-state index contributed by atoms with van der Waals surface area (Å²) in [6.07, 6.45) is 5.12. The van der Waals surface area contributed by atoms with Crippen molar-refractivity contribution in [3.8, 4) is 10.6 Å². The maximum absolute atomic E-state index is 10.9. The average molecular weight is 394 g/mol. The summed E-state index contributed by atoms with van der Waals surface area (Å²) in [6, 6.07) is 8.13. The normalized spacial score (nSPS) is 18.8. The van der Waals surface area contributed by atoms with E-state index in [1.165, 1.54) is 4.88 Å². The Labute approximate surface area is 163 Å². The minimum absolute atomic E-state index is 0.115. The van der Waals surface area contributed by atoms with Gasteiger partial charge < -0.3 is 5.11 Å². The van der Waals surface area contributed by atoms with Crippen molar-refractivity contribution in [3.63, 3.8) is 0 Å². The molecule has 0 bridgehead atoms. The van der Waals surface area contributed by atoms with Crippen molar-refractivity contribution in [2.24, 2.45) is 0 Å². The van der Waals surface area contributed by atoms with E-state index in [4.69, 9.17) is 16.7 Å². The first-order chi connectivity index (χ1) is 12.5. The number of halogens is 1. The van der Waals surface area contributed by atoms with E-state index in [9.17, 15) is 4.79 Å². The van der Waals surface area contributed by atoms with E-state index in [1.54, 1.807) is 11.3 Å². The molecule has 26 heavy (non-hydrogen) atoms. The second-order valence-corrected chi connectivity index (χ2v) is 8.36. The standard InChI is InChI=1S/C19H24ClN3O2S/c1-22(13-18(24)25)16-3-2-9-23(10-8-16)12-17-11-21-19(26-17)14-4-6-15(20)7-5-14/h4-7,11,16H,2-3,8-10,12-13H2,1H3,(H,24,25). The number of hydrogen-bond acceptors (Lipinski definition) is 5. The molecule has 5 nitrogen and oxygen atoms in total. The highest BCUT2D eigenvalue weighted by molar-refractivity contribution is 7.15. The lowest BCUT2D eigenvalue weighted by Crippen LogP contribution is -2.36. The largest absolute Gasteiger partial charge is 0.480 e. The molecule has 7 heteroatoms. The van der Waals surface area contributed by atoms with Crippen LogP contribution in [-0.2, 0) is 11.3 Å². The molecular weight excluding hydrogens is 370 g/mol. The molecule has 0 spiro atoms. The van der Waals surface area contributed by atoms with Gasteiger partial charge in [-0.25, -0.2) is 4.98 Å². The van der Waals surface area contributed by atoms with Gasteiger partial charge in [-0.05, 0) is 45.0 Å². The van der Waals surface area contributed by atoms with E-state index in [-0.39, 0.29) is 6.54 Å². The summed E-state index contributed by atoms with van der Waals surface area (Å²) in [5, 5.41) is 10.7. The van der Waals surface area contributed by atoms with Gasteiger partial charge in [0.05, 0.1) is 6.54 Å². The van der Waals surface area contributed by atoms with Gasteiger partial charge in [0.2, 0.25) is 0 Å². The minimum atomic E-state index is -0.756. The van der Waals surface area contributed by atoms with Gasteiger partial charge >= 0.3 is 5.97 Å². The zero-order valence-electron chi connectivity index (χ0n) is 14.9. The van der Waals surface area contributed by atoms with E-state index >= 15 is 0 Å². The summed E-state index contributed by atoms with van der Waals surface area (Å²) < 4.78 is 0. The molecule has 1 N–H and O–H groups in total. The third kappa shape index (κ3) is 5.27. The monoisotopic (exact) mass is 393 g/mol. The number of aliphatic carboxylic acids is 1. The number of carbonyl (C=O) groups is 1. The van der Waals surface area contributed by atoms with Gasteiger partial charge in [0.1, 0.15) is 5.01 Å². The summed E-state index contributed by atoms with van der Waals surface area (Å²) in [4.78, 5) is 21.2. The third-order valence-corrected chi connectivity index (χ3v) is 6.11. The average Bonchev–Trinajstić information content (AvgIpc) is 2.93. The molecule has 1 aliphatic heterocycles. The maximum Gasteiger partial charge on any atom is 0.317 e. The predicted molar refractivity (Wildman–Crippen MR) is 106 cm³/mol. The van der Waals surface area contributed by atoms with Crippen LogP contribution < -0.4 is 0 Å². The highest BCUT2D eigenvalue weighted by Crippen LogP contribution is 2.27. The number of carboxylic acid groups (broad SMARTS) is 1. The molecule has 0 aliphatic carbocycles. The highest BCUT2D eigenvalue weighted by Gasteiger charge is 2.22. The van der Waals surface area contributed by atoms with Gasteiger partial charge in [-0.15, -0.1) is 11.3 Å². The van der Waals surface area contributed by atoms with Gasteiger partial charge in [0.15, 0.2) is 0 Å². The Morgan fingerprint density at radius 3 is 2.85 bits per heavy atom. The van der Waals surface area contributed by atoms with Crippen LogP contribution in [0.2, 0.25) is 5.02 Å². The van der Waals surface area contributed by atoms with Gasteiger partial charge in [-0.3, -0.25) is 14.6 Å². The van der Waals surface area contributed by atoms with Crippen LogP contribution in [0, 0.1) is 0 Å². The number of rotatable bonds is 6. The topological polar surface area (TPSA) is 56.7 Å². The molecule has 1 saturated heterocycles. The lowest BCUT2D eigenvalue weighted by Gasteiger charge is -2.25. The summed E-state index contributed by atoms with van der Waals surface area (Å²) in [6.45, 7) is 3.05. The molecule has 140 valence electrons. The Balaban J connectivity index is 1.56. The van der Waals surface area contributed by atoms with Gasteiger partial charge in [0, 0.05) is 40.8 Å². The maximum atomic E-state index is 10.9. The smallest absolute Gasteiger partial charge is 0.317 e. The fourth-order valence-electron chi connectivity index (χ4n) is 3.41. The van der Waals surface area contributed by atoms with Crippen LogP contribution in [0.25, 0.3) is 10.6 Å². The number of hydrogen-bond donors (Lipinski definition) is 1. The van der Waals surface area contributed by atoms with Crippen LogP contribution in [0.1, 0.15) is 24.1 Å². The van der Waals surface area contributed by atoms with E-state index in [1.807, 2.05) is 42.4 Å². The van der Waals surface area contributed by atoms with Crippen molar-refractivity contribution in [2.45, 2.75) is 31.8 Å². The molecule has 0 amide bonds.